The van der Waals surface area contributed by atoms with Crippen molar-refractivity contribution in [2.24, 2.45) is 0 Å². The average molecular weight is 407 g/mol. The van der Waals surface area contributed by atoms with Crippen molar-refractivity contribution in [1.82, 2.24) is 4.98 Å². The van der Waals surface area contributed by atoms with Gasteiger partial charge in [0.25, 0.3) is 0 Å². The lowest BCUT2D eigenvalue weighted by Gasteiger charge is -2.23. The molecule has 0 aliphatic carbocycles. The van der Waals surface area contributed by atoms with Crippen LogP contribution < -0.4 is 18.9 Å². The Hall–Kier alpha value is -3.16. The molecule has 0 fully saturated rings. The molecular weight excluding hydrogens is 387 g/mol. The molecule has 1 atom stereocenters. The van der Waals surface area contributed by atoms with Gasteiger partial charge in [0.15, 0.2) is 23.0 Å². The lowest BCUT2D eigenvalue weighted by molar-refractivity contribution is -0.141. The molecule has 1 aromatic heterocycles. The summed E-state index contributed by atoms with van der Waals surface area (Å²) in [6.45, 7) is 0. The molecule has 8 heteroatoms. The summed E-state index contributed by atoms with van der Waals surface area (Å²) >= 11 is 0. The Morgan fingerprint density at radius 1 is 0.759 bits per heavy atom. The van der Waals surface area contributed by atoms with Crippen molar-refractivity contribution in [3.63, 3.8) is 0 Å². The minimum absolute atomic E-state index is 0.00932. The van der Waals surface area contributed by atoms with Gasteiger partial charge in [-0.2, -0.15) is 13.2 Å². The molecule has 0 saturated heterocycles. The first-order valence-electron chi connectivity index (χ1n) is 8.63. The van der Waals surface area contributed by atoms with Crippen LogP contribution in [0.2, 0.25) is 0 Å². The maximum Gasteiger partial charge on any atom is 0.401 e. The van der Waals surface area contributed by atoms with Crippen molar-refractivity contribution < 1.29 is 32.1 Å². The molecule has 0 saturated carbocycles. The van der Waals surface area contributed by atoms with Crippen LogP contribution in [0.4, 0.5) is 13.2 Å². The van der Waals surface area contributed by atoms with Crippen molar-refractivity contribution in [3.05, 3.63) is 53.9 Å². The van der Waals surface area contributed by atoms with Crippen molar-refractivity contribution in [2.45, 2.75) is 12.1 Å². The zero-order valence-corrected chi connectivity index (χ0v) is 16.3. The van der Waals surface area contributed by atoms with Gasteiger partial charge in [-0.25, -0.2) is 0 Å². The van der Waals surface area contributed by atoms with Crippen molar-refractivity contribution >= 4 is 10.8 Å². The zero-order chi connectivity index (χ0) is 21.2. The Kier molecular flexibility index (Phi) is 5.72. The van der Waals surface area contributed by atoms with Gasteiger partial charge in [0.2, 0.25) is 0 Å². The Morgan fingerprint density at radius 3 is 1.93 bits per heavy atom. The molecule has 29 heavy (non-hydrogen) atoms. The number of aromatic nitrogens is 1. The van der Waals surface area contributed by atoms with E-state index in [0.717, 1.165) is 0 Å². The molecule has 0 bridgehead atoms. The second-order valence-electron chi connectivity index (χ2n) is 6.21. The molecule has 0 unspecified atom stereocenters. The lowest BCUT2D eigenvalue weighted by atomic mass is 9.91. The monoisotopic (exact) mass is 407 g/mol. The Balaban J connectivity index is 2.27. The summed E-state index contributed by atoms with van der Waals surface area (Å²) in [7, 11) is 5.69. The Bertz CT molecular complexity index is 1020. The standard InChI is InChI=1S/C21H20F3NO4/c1-26-15-6-5-13(10-16(15)27-2)19(21(22,23)24)20-14-11-18(29-4)17(28-3)9-12(14)7-8-25-20/h5-11,19H,1-4H3/t19-/m1/s1. The summed E-state index contributed by atoms with van der Waals surface area (Å²) in [6.07, 6.45) is -3.24. The average Bonchev–Trinajstić information content (AvgIpc) is 2.71. The fraction of sp³-hybridized carbons (Fsp3) is 0.286. The molecule has 3 aromatic rings. The van der Waals surface area contributed by atoms with Gasteiger partial charge in [0, 0.05) is 11.6 Å². The first kappa shape index (κ1) is 20.6. The van der Waals surface area contributed by atoms with E-state index in [1.165, 1.54) is 58.9 Å². The quantitative estimate of drug-likeness (QED) is 0.578. The van der Waals surface area contributed by atoms with E-state index in [9.17, 15) is 13.2 Å². The number of rotatable bonds is 6. The van der Waals surface area contributed by atoms with Crippen LogP contribution in [0.25, 0.3) is 10.8 Å². The molecule has 0 radical (unpaired) electrons. The van der Waals surface area contributed by atoms with E-state index in [1.54, 1.807) is 12.1 Å². The minimum atomic E-state index is -4.59. The largest absolute Gasteiger partial charge is 0.493 e. The highest BCUT2D eigenvalue weighted by molar-refractivity contribution is 5.88. The SMILES string of the molecule is COc1ccc([C@H](c2nccc3cc(OC)c(OC)cc23)C(F)(F)F)cc1OC. The van der Waals surface area contributed by atoms with Crippen molar-refractivity contribution in [1.29, 1.82) is 0 Å². The third kappa shape index (κ3) is 3.87. The smallest absolute Gasteiger partial charge is 0.401 e. The van der Waals surface area contributed by atoms with Crippen LogP contribution in [0.1, 0.15) is 17.2 Å². The molecule has 154 valence electrons. The normalized spacial score (nSPS) is 12.5. The van der Waals surface area contributed by atoms with Gasteiger partial charge < -0.3 is 18.9 Å². The molecule has 0 spiro atoms. The summed E-state index contributed by atoms with van der Waals surface area (Å²) in [6, 6.07) is 8.89. The van der Waals surface area contributed by atoms with Crippen LogP contribution in [0.15, 0.2) is 42.6 Å². The molecule has 0 aliphatic rings. The molecule has 0 aliphatic heterocycles. The third-order valence-electron chi connectivity index (χ3n) is 4.64. The highest BCUT2D eigenvalue weighted by Gasteiger charge is 2.44. The zero-order valence-electron chi connectivity index (χ0n) is 16.3. The molecular formula is C21H20F3NO4. The van der Waals surface area contributed by atoms with Gasteiger partial charge in [-0.15, -0.1) is 0 Å². The van der Waals surface area contributed by atoms with Crippen LogP contribution in [-0.4, -0.2) is 39.6 Å². The summed E-state index contributed by atoms with van der Waals surface area (Å²) in [5.74, 6) is -0.674. The van der Waals surface area contributed by atoms with Gasteiger partial charge in [-0.05, 0) is 41.3 Å². The second kappa shape index (κ2) is 8.06. The Labute approximate surface area is 166 Å². The third-order valence-corrected chi connectivity index (χ3v) is 4.64. The lowest BCUT2D eigenvalue weighted by Crippen LogP contribution is -2.23. The van der Waals surface area contributed by atoms with E-state index in [4.69, 9.17) is 18.9 Å². The number of pyridine rings is 1. The maximum absolute atomic E-state index is 14.2. The summed E-state index contributed by atoms with van der Waals surface area (Å²) in [5, 5.41) is 0.879. The molecule has 2 aromatic carbocycles. The number of methoxy groups -OCH3 is 4. The predicted molar refractivity (Wildman–Crippen MR) is 102 cm³/mol. The number of benzene rings is 2. The highest BCUT2D eigenvalue weighted by Crippen LogP contribution is 2.45. The Morgan fingerprint density at radius 2 is 1.34 bits per heavy atom. The van der Waals surface area contributed by atoms with Gasteiger partial charge in [-0.1, -0.05) is 6.07 Å². The number of alkyl halides is 3. The number of ether oxygens (including phenoxy) is 4. The van der Waals surface area contributed by atoms with Gasteiger partial charge in [0.1, 0.15) is 5.92 Å². The molecule has 0 amide bonds. The number of nitrogens with zero attached hydrogens (tertiary/aromatic N) is 1. The highest BCUT2D eigenvalue weighted by atomic mass is 19.4. The van der Waals surface area contributed by atoms with Crippen LogP contribution in [0, 0.1) is 0 Å². The van der Waals surface area contributed by atoms with E-state index >= 15 is 0 Å². The fourth-order valence-electron chi connectivity index (χ4n) is 3.29. The number of hydrogen-bond acceptors (Lipinski definition) is 5. The molecule has 0 N–H and O–H groups in total. The second-order valence-corrected chi connectivity index (χ2v) is 6.21. The van der Waals surface area contributed by atoms with E-state index < -0.39 is 12.1 Å². The molecule has 3 rings (SSSR count). The van der Waals surface area contributed by atoms with Gasteiger partial charge in [0.05, 0.1) is 34.1 Å². The van der Waals surface area contributed by atoms with Crippen LogP contribution in [0.5, 0.6) is 23.0 Å². The predicted octanol–water partition coefficient (Wildman–Crippen LogP) is 4.96. The first-order valence-corrected chi connectivity index (χ1v) is 8.63. The fourth-order valence-corrected chi connectivity index (χ4v) is 3.29. The van der Waals surface area contributed by atoms with E-state index in [-0.39, 0.29) is 17.0 Å². The van der Waals surface area contributed by atoms with Crippen molar-refractivity contribution in [3.8, 4) is 23.0 Å². The van der Waals surface area contributed by atoms with Crippen molar-refractivity contribution in [2.75, 3.05) is 28.4 Å². The van der Waals surface area contributed by atoms with E-state index in [1.807, 2.05) is 0 Å². The van der Waals surface area contributed by atoms with Crippen LogP contribution in [-0.2, 0) is 0 Å². The van der Waals surface area contributed by atoms with Gasteiger partial charge in [-0.3, -0.25) is 4.98 Å². The minimum Gasteiger partial charge on any atom is -0.493 e. The van der Waals surface area contributed by atoms with E-state index in [0.29, 0.717) is 28.0 Å². The van der Waals surface area contributed by atoms with Crippen LogP contribution >= 0.6 is 0 Å². The maximum atomic E-state index is 14.2. The number of halogens is 3. The van der Waals surface area contributed by atoms with E-state index in [2.05, 4.69) is 4.98 Å². The summed E-state index contributed by atoms with van der Waals surface area (Å²) < 4.78 is 63.4. The molecule has 5 nitrogen and oxygen atoms in total. The van der Waals surface area contributed by atoms with Gasteiger partial charge >= 0.3 is 6.18 Å². The number of hydrogen-bond donors (Lipinski definition) is 0. The molecule has 1 heterocycles. The first-order chi connectivity index (χ1) is 13.8. The summed E-state index contributed by atoms with van der Waals surface area (Å²) in [5.41, 5.74) is -0.145. The summed E-state index contributed by atoms with van der Waals surface area (Å²) in [4.78, 5) is 4.09. The van der Waals surface area contributed by atoms with Crippen LogP contribution in [0.3, 0.4) is 0 Å². The topological polar surface area (TPSA) is 49.8 Å². The number of fused-ring (bicyclic) bond motifs is 1.